The molecule has 2 aromatic carbocycles. The molecule has 0 aliphatic carbocycles. The normalized spacial score (nSPS) is 10.5. The number of hydrogen-bond donors (Lipinski definition) is 0. The summed E-state index contributed by atoms with van der Waals surface area (Å²) in [4.78, 5) is 21.9. The SMILES string of the molecule is C#Cc1cccc(F)c1/C=C/C(=O)OC.COC(=O)/C=C/c1c(F)cccc1C#C[Si](C)(C)C. The fourth-order valence-corrected chi connectivity index (χ4v) is 2.85. The van der Waals surface area contributed by atoms with Crippen LogP contribution in [0.1, 0.15) is 22.3 Å². The van der Waals surface area contributed by atoms with Crippen molar-refractivity contribution < 1.29 is 27.8 Å². The second kappa shape index (κ2) is 13.6. The minimum Gasteiger partial charge on any atom is -0.466 e. The molecule has 2 aromatic rings. The molecule has 0 saturated heterocycles. The van der Waals surface area contributed by atoms with E-state index in [1.165, 1.54) is 50.6 Å². The number of carbonyl (C=O) groups excluding carboxylic acids is 2. The number of terminal acetylenes is 1. The number of halogens is 2. The zero-order valence-electron chi connectivity index (χ0n) is 19.7. The van der Waals surface area contributed by atoms with E-state index in [-0.39, 0.29) is 5.56 Å². The molecule has 0 fully saturated rings. The number of ether oxygens (including phenoxy) is 2. The number of carbonyl (C=O) groups is 2. The van der Waals surface area contributed by atoms with Gasteiger partial charge in [0.05, 0.1) is 14.2 Å². The Morgan fingerprint density at radius 3 is 1.71 bits per heavy atom. The summed E-state index contributed by atoms with van der Waals surface area (Å²) in [5.41, 5.74) is 4.70. The van der Waals surface area contributed by atoms with Crippen molar-refractivity contribution in [3.8, 4) is 23.8 Å². The molecule has 4 nitrogen and oxygen atoms in total. The van der Waals surface area contributed by atoms with Gasteiger partial charge in [0.15, 0.2) is 0 Å². The maximum atomic E-state index is 13.8. The van der Waals surface area contributed by atoms with Crippen molar-refractivity contribution >= 4 is 32.2 Å². The summed E-state index contributed by atoms with van der Waals surface area (Å²) in [6.07, 6.45) is 10.2. The van der Waals surface area contributed by atoms with Crippen molar-refractivity contribution in [3.05, 3.63) is 82.4 Å². The smallest absolute Gasteiger partial charge is 0.330 e. The quantitative estimate of drug-likeness (QED) is 0.260. The molecule has 0 saturated carbocycles. The van der Waals surface area contributed by atoms with Gasteiger partial charge in [-0.15, -0.1) is 12.0 Å². The molecule has 0 aromatic heterocycles. The van der Waals surface area contributed by atoms with Gasteiger partial charge in [-0.25, -0.2) is 18.4 Å². The summed E-state index contributed by atoms with van der Waals surface area (Å²) in [5, 5.41) is 0. The molecule has 176 valence electrons. The van der Waals surface area contributed by atoms with Crippen LogP contribution in [-0.2, 0) is 19.1 Å². The molecule has 7 heteroatoms. The monoisotopic (exact) mass is 480 g/mol. The van der Waals surface area contributed by atoms with Crippen molar-refractivity contribution in [3.63, 3.8) is 0 Å². The Morgan fingerprint density at radius 2 is 1.29 bits per heavy atom. The van der Waals surface area contributed by atoms with Crippen LogP contribution < -0.4 is 0 Å². The van der Waals surface area contributed by atoms with E-state index in [4.69, 9.17) is 6.42 Å². The third-order valence-electron chi connectivity index (χ3n) is 4.01. The van der Waals surface area contributed by atoms with E-state index in [0.717, 1.165) is 6.08 Å². The van der Waals surface area contributed by atoms with E-state index < -0.39 is 31.6 Å². The Kier molecular flexibility index (Phi) is 11.2. The van der Waals surface area contributed by atoms with Gasteiger partial charge >= 0.3 is 11.9 Å². The van der Waals surface area contributed by atoms with Crippen molar-refractivity contribution in [2.24, 2.45) is 0 Å². The second-order valence-electron chi connectivity index (χ2n) is 7.76. The molecule has 0 amide bonds. The van der Waals surface area contributed by atoms with Crippen LogP contribution in [0.2, 0.25) is 19.6 Å². The summed E-state index contributed by atoms with van der Waals surface area (Å²) in [7, 11) is 0.993. The molecule has 0 aliphatic heterocycles. The van der Waals surface area contributed by atoms with E-state index in [0.29, 0.717) is 16.7 Å². The number of rotatable bonds is 4. The largest absolute Gasteiger partial charge is 0.466 e. The molecule has 34 heavy (non-hydrogen) atoms. The molecule has 0 unspecified atom stereocenters. The number of benzene rings is 2. The lowest BCUT2D eigenvalue weighted by Crippen LogP contribution is -2.16. The lowest BCUT2D eigenvalue weighted by Gasteiger charge is -2.05. The van der Waals surface area contributed by atoms with Crippen molar-refractivity contribution in [2.75, 3.05) is 14.2 Å². The highest BCUT2D eigenvalue weighted by Crippen LogP contribution is 2.16. The lowest BCUT2D eigenvalue weighted by atomic mass is 10.1. The molecule has 0 aliphatic rings. The zero-order chi connectivity index (χ0) is 25.7. The summed E-state index contributed by atoms with van der Waals surface area (Å²) in [6, 6.07) is 9.08. The highest BCUT2D eigenvalue weighted by Gasteiger charge is 2.09. The van der Waals surface area contributed by atoms with Gasteiger partial charge in [0.25, 0.3) is 0 Å². The van der Waals surface area contributed by atoms with Gasteiger partial charge in [0.2, 0.25) is 0 Å². The Labute approximate surface area is 200 Å². The van der Waals surface area contributed by atoms with Crippen molar-refractivity contribution in [2.45, 2.75) is 19.6 Å². The highest BCUT2D eigenvalue weighted by atomic mass is 28.3. The first-order valence-electron chi connectivity index (χ1n) is 10.1. The zero-order valence-corrected chi connectivity index (χ0v) is 20.7. The predicted octanol–water partition coefficient (Wildman–Crippen LogP) is 5.23. The van der Waals surface area contributed by atoms with Crippen LogP contribution in [0, 0.1) is 35.4 Å². The molecule has 0 radical (unpaired) electrons. The van der Waals surface area contributed by atoms with Crippen molar-refractivity contribution in [1.29, 1.82) is 0 Å². The van der Waals surface area contributed by atoms with Gasteiger partial charge in [-0.05, 0) is 36.4 Å². The minimum atomic E-state index is -1.53. The van der Waals surface area contributed by atoms with Gasteiger partial charge in [-0.2, -0.15) is 0 Å². The van der Waals surface area contributed by atoms with Gasteiger partial charge in [-0.3, -0.25) is 0 Å². The molecule has 0 spiro atoms. The van der Waals surface area contributed by atoms with Crippen LogP contribution in [0.3, 0.4) is 0 Å². The summed E-state index contributed by atoms with van der Waals surface area (Å²) >= 11 is 0. The van der Waals surface area contributed by atoms with E-state index in [1.54, 1.807) is 18.2 Å². The fraction of sp³-hybridized carbons (Fsp3) is 0.185. The van der Waals surface area contributed by atoms with Crippen LogP contribution in [-0.4, -0.2) is 34.2 Å². The molecule has 2 rings (SSSR count). The Bertz CT molecular complexity index is 1190. The number of methoxy groups -OCH3 is 2. The summed E-state index contributed by atoms with van der Waals surface area (Å²) in [5.74, 6) is 3.40. The maximum Gasteiger partial charge on any atom is 0.330 e. The Balaban J connectivity index is 0.000000350. The molecule has 0 N–H and O–H groups in total. The van der Waals surface area contributed by atoms with Crippen LogP contribution in [0.15, 0.2) is 48.6 Å². The Hall–Kier alpha value is -3.94. The summed E-state index contributed by atoms with van der Waals surface area (Å²) < 4.78 is 35.9. The van der Waals surface area contributed by atoms with E-state index in [9.17, 15) is 18.4 Å². The number of esters is 2. The van der Waals surface area contributed by atoms with E-state index in [2.05, 4.69) is 46.5 Å². The molecular formula is C27H26F2O4Si. The summed E-state index contributed by atoms with van der Waals surface area (Å²) in [6.45, 7) is 6.34. The van der Waals surface area contributed by atoms with Gasteiger partial charge in [0.1, 0.15) is 19.7 Å². The van der Waals surface area contributed by atoms with Crippen molar-refractivity contribution in [1.82, 2.24) is 0 Å². The van der Waals surface area contributed by atoms with E-state index >= 15 is 0 Å². The minimum absolute atomic E-state index is 0.213. The molecule has 0 bridgehead atoms. The highest BCUT2D eigenvalue weighted by molar-refractivity contribution is 6.83. The first-order chi connectivity index (χ1) is 16.0. The van der Waals surface area contributed by atoms with Gasteiger partial charge in [-0.1, -0.05) is 43.6 Å². The van der Waals surface area contributed by atoms with Crippen LogP contribution in [0.5, 0.6) is 0 Å². The second-order valence-corrected chi connectivity index (χ2v) is 12.5. The first-order valence-corrected chi connectivity index (χ1v) is 13.6. The average molecular weight is 481 g/mol. The topological polar surface area (TPSA) is 52.6 Å². The molecule has 0 atom stereocenters. The van der Waals surface area contributed by atoms with Crippen LogP contribution in [0.25, 0.3) is 12.2 Å². The average Bonchev–Trinajstić information content (AvgIpc) is 2.80. The number of hydrogen-bond acceptors (Lipinski definition) is 4. The third-order valence-corrected chi connectivity index (χ3v) is 4.88. The molecule has 0 heterocycles. The first kappa shape index (κ1) is 28.1. The lowest BCUT2D eigenvalue weighted by molar-refractivity contribution is -0.135. The fourth-order valence-electron chi connectivity index (χ4n) is 2.34. The Morgan fingerprint density at radius 1 is 0.853 bits per heavy atom. The maximum absolute atomic E-state index is 13.8. The standard InChI is InChI=1S/C15H17FO2Si.C12H9FO2/c1-18-15(17)9-8-13-12(6-5-7-14(13)16)10-11-19(2,3)4;1-3-9-5-4-6-11(13)10(9)7-8-12(14)15-2/h5-9H,1-4H3;1,4-8H,2H3/b9-8+;8-7+. The van der Waals surface area contributed by atoms with Gasteiger partial charge in [0, 0.05) is 34.4 Å². The predicted molar refractivity (Wildman–Crippen MR) is 133 cm³/mol. The molecular weight excluding hydrogens is 454 g/mol. The van der Waals surface area contributed by atoms with Crippen LogP contribution >= 0.6 is 0 Å². The van der Waals surface area contributed by atoms with E-state index in [1.807, 2.05) is 0 Å². The van der Waals surface area contributed by atoms with Gasteiger partial charge < -0.3 is 9.47 Å². The van der Waals surface area contributed by atoms with Crippen LogP contribution in [0.4, 0.5) is 8.78 Å². The third kappa shape index (κ3) is 9.68.